The number of rotatable bonds is 8. The molecule has 3 aromatic rings. The van der Waals surface area contributed by atoms with Gasteiger partial charge >= 0.3 is 5.97 Å². The molecule has 1 aliphatic rings. The Kier molecular flexibility index (Phi) is 6.70. The van der Waals surface area contributed by atoms with Crippen molar-refractivity contribution in [3.63, 3.8) is 0 Å². The zero-order chi connectivity index (χ0) is 23.4. The number of nitrogens with one attached hydrogen (secondary N) is 1. The molecule has 0 fully saturated rings. The summed E-state index contributed by atoms with van der Waals surface area (Å²) < 4.78 is 5.00. The van der Waals surface area contributed by atoms with Crippen molar-refractivity contribution in [2.75, 3.05) is 13.2 Å². The van der Waals surface area contributed by atoms with Crippen LogP contribution in [0.5, 0.6) is 0 Å². The van der Waals surface area contributed by atoms with E-state index in [1.807, 2.05) is 18.2 Å². The van der Waals surface area contributed by atoms with Gasteiger partial charge in [0.15, 0.2) is 6.61 Å². The second-order valence-corrected chi connectivity index (χ2v) is 8.01. The van der Waals surface area contributed by atoms with Crippen molar-refractivity contribution >= 4 is 46.1 Å². The molecule has 168 valence electrons. The maximum Gasteiger partial charge on any atom is 0.306 e. The van der Waals surface area contributed by atoms with Gasteiger partial charge in [-0.2, -0.15) is 0 Å². The smallest absolute Gasteiger partial charge is 0.306 e. The molecular formula is C25H21ClN2O5. The minimum atomic E-state index is -0.581. The predicted octanol–water partition coefficient (Wildman–Crippen LogP) is 3.73. The molecule has 1 heterocycles. The molecule has 8 heteroatoms. The minimum Gasteiger partial charge on any atom is -0.456 e. The third-order valence-corrected chi connectivity index (χ3v) is 5.79. The Morgan fingerprint density at radius 3 is 2.24 bits per heavy atom. The summed E-state index contributed by atoms with van der Waals surface area (Å²) in [5.74, 6) is -1.79. The van der Waals surface area contributed by atoms with Crippen molar-refractivity contribution in [2.24, 2.45) is 0 Å². The first-order chi connectivity index (χ1) is 16.0. The summed E-state index contributed by atoms with van der Waals surface area (Å²) in [5, 5.41) is 4.67. The Morgan fingerprint density at radius 1 is 0.909 bits per heavy atom. The van der Waals surface area contributed by atoms with Crippen LogP contribution in [-0.2, 0) is 20.9 Å². The molecule has 0 atom stereocenters. The number of benzene rings is 3. The van der Waals surface area contributed by atoms with Gasteiger partial charge in [-0.25, -0.2) is 0 Å². The lowest BCUT2D eigenvalue weighted by Crippen LogP contribution is -2.41. The Morgan fingerprint density at radius 2 is 1.58 bits per heavy atom. The summed E-state index contributed by atoms with van der Waals surface area (Å²) in [6.45, 7) is -0.111. The highest BCUT2D eigenvalue weighted by Gasteiger charge is 2.32. The zero-order valence-electron chi connectivity index (χ0n) is 17.7. The highest BCUT2D eigenvalue weighted by Crippen LogP contribution is 2.30. The fourth-order valence-electron chi connectivity index (χ4n) is 3.77. The van der Waals surface area contributed by atoms with E-state index in [1.54, 1.807) is 42.5 Å². The molecule has 1 aliphatic heterocycles. The lowest BCUT2D eigenvalue weighted by molar-refractivity contribution is -0.148. The van der Waals surface area contributed by atoms with Crippen LogP contribution in [-0.4, -0.2) is 41.7 Å². The molecule has 0 aromatic heterocycles. The van der Waals surface area contributed by atoms with Crippen LogP contribution < -0.4 is 5.32 Å². The average Bonchev–Trinajstić information content (AvgIpc) is 2.82. The van der Waals surface area contributed by atoms with E-state index < -0.39 is 18.5 Å². The van der Waals surface area contributed by atoms with Gasteiger partial charge in [0.1, 0.15) is 0 Å². The van der Waals surface area contributed by atoms with Crippen molar-refractivity contribution in [3.8, 4) is 0 Å². The van der Waals surface area contributed by atoms with Gasteiger partial charge in [-0.15, -0.1) is 0 Å². The number of hydrogen-bond donors (Lipinski definition) is 1. The van der Waals surface area contributed by atoms with Crippen molar-refractivity contribution in [2.45, 2.75) is 19.4 Å². The minimum absolute atomic E-state index is 0.0271. The van der Waals surface area contributed by atoms with E-state index in [0.29, 0.717) is 21.5 Å². The average molecular weight is 465 g/mol. The number of amides is 3. The lowest BCUT2D eigenvalue weighted by atomic mass is 9.94. The molecule has 33 heavy (non-hydrogen) atoms. The summed E-state index contributed by atoms with van der Waals surface area (Å²) in [6, 6.07) is 17.8. The van der Waals surface area contributed by atoms with Gasteiger partial charge in [0.25, 0.3) is 17.7 Å². The van der Waals surface area contributed by atoms with E-state index in [2.05, 4.69) is 5.32 Å². The number of hydrogen-bond acceptors (Lipinski definition) is 5. The molecule has 0 radical (unpaired) electrons. The van der Waals surface area contributed by atoms with Gasteiger partial charge in [-0.05, 0) is 35.6 Å². The summed E-state index contributed by atoms with van der Waals surface area (Å²) in [4.78, 5) is 50.8. The molecule has 0 saturated carbocycles. The van der Waals surface area contributed by atoms with Crippen molar-refractivity contribution in [1.82, 2.24) is 10.2 Å². The molecule has 0 unspecified atom stereocenters. The van der Waals surface area contributed by atoms with Crippen molar-refractivity contribution in [1.29, 1.82) is 0 Å². The summed E-state index contributed by atoms with van der Waals surface area (Å²) in [6.07, 6.45) is 0.205. The number of ether oxygens (including phenoxy) is 1. The van der Waals surface area contributed by atoms with Crippen molar-refractivity contribution in [3.05, 3.63) is 82.4 Å². The van der Waals surface area contributed by atoms with Gasteiger partial charge in [0, 0.05) is 41.0 Å². The first-order valence-electron chi connectivity index (χ1n) is 10.5. The summed E-state index contributed by atoms with van der Waals surface area (Å²) in [5.41, 5.74) is 1.70. The lowest BCUT2D eigenvalue weighted by Gasteiger charge is -2.27. The number of halogens is 1. The quantitative estimate of drug-likeness (QED) is 0.405. The molecule has 4 rings (SSSR count). The second-order valence-electron chi connectivity index (χ2n) is 7.60. The maximum atomic E-state index is 12.8. The van der Waals surface area contributed by atoms with Crippen LogP contribution >= 0.6 is 11.6 Å². The molecule has 7 nitrogen and oxygen atoms in total. The second kappa shape index (κ2) is 9.83. The van der Waals surface area contributed by atoms with Crippen LogP contribution in [0.3, 0.4) is 0 Å². The van der Waals surface area contributed by atoms with Crippen LogP contribution in [0.25, 0.3) is 10.8 Å². The van der Waals surface area contributed by atoms with Crippen molar-refractivity contribution < 1.29 is 23.9 Å². The van der Waals surface area contributed by atoms with E-state index in [1.165, 1.54) is 0 Å². The molecule has 0 saturated heterocycles. The van der Waals surface area contributed by atoms with E-state index in [-0.39, 0.29) is 37.7 Å². The third-order valence-electron chi connectivity index (χ3n) is 5.42. The van der Waals surface area contributed by atoms with Gasteiger partial charge in [0.05, 0.1) is 0 Å². The van der Waals surface area contributed by atoms with Crippen LogP contribution in [0.15, 0.2) is 60.7 Å². The highest BCUT2D eigenvalue weighted by molar-refractivity contribution is 6.31. The van der Waals surface area contributed by atoms with Gasteiger partial charge in [0.2, 0.25) is 0 Å². The van der Waals surface area contributed by atoms with Crippen LogP contribution in [0.2, 0.25) is 5.02 Å². The Balaban J connectivity index is 1.25. The zero-order valence-corrected chi connectivity index (χ0v) is 18.4. The Labute approximate surface area is 195 Å². The number of carbonyl (C=O) groups is 4. The van der Waals surface area contributed by atoms with E-state index in [4.69, 9.17) is 16.3 Å². The van der Waals surface area contributed by atoms with E-state index in [0.717, 1.165) is 15.8 Å². The number of nitrogens with zero attached hydrogens (tertiary/aromatic N) is 1. The molecule has 3 aromatic carbocycles. The largest absolute Gasteiger partial charge is 0.456 e. The highest BCUT2D eigenvalue weighted by atomic mass is 35.5. The topological polar surface area (TPSA) is 92.8 Å². The first kappa shape index (κ1) is 22.5. The number of carbonyl (C=O) groups excluding carboxylic acids is 4. The molecular weight excluding hydrogens is 444 g/mol. The molecule has 3 amide bonds. The molecule has 1 N–H and O–H groups in total. The maximum absolute atomic E-state index is 12.8. The van der Waals surface area contributed by atoms with Gasteiger partial charge in [-0.3, -0.25) is 24.1 Å². The predicted molar refractivity (Wildman–Crippen MR) is 123 cm³/mol. The standard InChI is InChI=1S/C25H21ClN2O5/c26-20-11-2-1-6-17(20)14-27-21(29)15-33-22(30)12-5-13-28-24(31)18-9-3-7-16-8-4-10-19(23(16)18)25(28)32/h1-4,6-11H,5,12-15H2,(H,27,29). The third kappa shape index (κ3) is 4.88. The van der Waals surface area contributed by atoms with Gasteiger partial charge in [-0.1, -0.05) is 54.1 Å². The fraction of sp³-hybridized carbons (Fsp3) is 0.200. The van der Waals surface area contributed by atoms with Crippen LogP contribution in [0.4, 0.5) is 0 Å². The van der Waals surface area contributed by atoms with E-state index in [9.17, 15) is 19.2 Å². The number of esters is 1. The Hall–Kier alpha value is -3.71. The monoisotopic (exact) mass is 464 g/mol. The molecule has 0 aliphatic carbocycles. The molecule has 0 spiro atoms. The van der Waals surface area contributed by atoms with E-state index >= 15 is 0 Å². The first-order valence-corrected chi connectivity index (χ1v) is 10.9. The van der Waals surface area contributed by atoms with Crippen LogP contribution in [0.1, 0.15) is 39.1 Å². The Bertz CT molecular complexity index is 1210. The fourth-order valence-corrected chi connectivity index (χ4v) is 3.97. The summed E-state index contributed by atoms with van der Waals surface area (Å²) in [7, 11) is 0. The number of imide groups is 1. The van der Waals surface area contributed by atoms with Gasteiger partial charge < -0.3 is 10.1 Å². The van der Waals surface area contributed by atoms with Crippen LogP contribution in [0, 0.1) is 0 Å². The normalized spacial score (nSPS) is 12.7. The summed E-state index contributed by atoms with van der Waals surface area (Å²) >= 11 is 6.04. The molecule has 0 bridgehead atoms. The SMILES string of the molecule is O=C(COC(=O)CCCN1C(=O)c2cccc3cccc(c23)C1=O)NCc1ccccc1Cl.